The van der Waals surface area contributed by atoms with Gasteiger partial charge in [0.15, 0.2) is 0 Å². The van der Waals surface area contributed by atoms with Crippen LogP contribution >= 0.6 is 11.3 Å². The predicted molar refractivity (Wildman–Crippen MR) is 69.4 cm³/mol. The van der Waals surface area contributed by atoms with Crippen molar-refractivity contribution in [2.45, 2.75) is 45.1 Å². The molecule has 0 spiro atoms. The van der Waals surface area contributed by atoms with Crippen molar-refractivity contribution in [1.82, 2.24) is 15.5 Å². The van der Waals surface area contributed by atoms with Crippen molar-refractivity contribution in [3.8, 4) is 0 Å². The third kappa shape index (κ3) is 3.24. The summed E-state index contributed by atoms with van der Waals surface area (Å²) in [6.07, 6.45) is 3.25. The Morgan fingerprint density at radius 3 is 2.76 bits per heavy atom. The summed E-state index contributed by atoms with van der Waals surface area (Å²) in [4.78, 5) is 0. The highest BCUT2D eigenvalue weighted by Gasteiger charge is 2.22. The molecular weight excluding hydrogens is 234 g/mol. The summed E-state index contributed by atoms with van der Waals surface area (Å²) < 4.78 is 5.38. The van der Waals surface area contributed by atoms with E-state index in [0.29, 0.717) is 12.0 Å². The van der Waals surface area contributed by atoms with Gasteiger partial charge in [0, 0.05) is 19.1 Å². The van der Waals surface area contributed by atoms with Crippen molar-refractivity contribution in [3.05, 3.63) is 10.0 Å². The number of nitrogens with one attached hydrogen (secondary N) is 1. The highest BCUT2D eigenvalue weighted by atomic mass is 32.1. The van der Waals surface area contributed by atoms with Gasteiger partial charge in [-0.1, -0.05) is 25.2 Å². The van der Waals surface area contributed by atoms with Crippen LogP contribution in [-0.2, 0) is 4.74 Å². The monoisotopic (exact) mass is 255 g/mol. The molecule has 0 bridgehead atoms. The second-order valence-corrected chi connectivity index (χ2v) is 5.42. The zero-order valence-electron chi connectivity index (χ0n) is 10.6. The molecule has 96 valence electrons. The Bertz CT molecular complexity index is 317. The number of rotatable bonds is 5. The van der Waals surface area contributed by atoms with E-state index in [2.05, 4.69) is 29.4 Å². The second-order valence-electron chi connectivity index (χ2n) is 4.38. The van der Waals surface area contributed by atoms with Gasteiger partial charge >= 0.3 is 0 Å². The number of hydrogen-bond donors (Lipinski definition) is 1. The highest BCUT2D eigenvalue weighted by Crippen LogP contribution is 2.31. The largest absolute Gasteiger partial charge is 0.381 e. The lowest BCUT2D eigenvalue weighted by Crippen LogP contribution is -2.19. The molecule has 1 aromatic heterocycles. The molecule has 1 atom stereocenters. The smallest absolute Gasteiger partial charge is 0.134 e. The molecule has 0 aliphatic carbocycles. The molecule has 0 radical (unpaired) electrons. The molecule has 0 aromatic carbocycles. The summed E-state index contributed by atoms with van der Waals surface area (Å²) in [5.41, 5.74) is 0. The van der Waals surface area contributed by atoms with Crippen molar-refractivity contribution in [2.75, 3.05) is 19.8 Å². The highest BCUT2D eigenvalue weighted by molar-refractivity contribution is 7.11. The second kappa shape index (κ2) is 6.42. The molecule has 2 rings (SSSR count). The van der Waals surface area contributed by atoms with Crippen molar-refractivity contribution in [1.29, 1.82) is 0 Å². The van der Waals surface area contributed by atoms with Gasteiger partial charge in [-0.05, 0) is 25.8 Å². The van der Waals surface area contributed by atoms with Crippen LogP contribution in [0.4, 0.5) is 0 Å². The fraction of sp³-hybridized carbons (Fsp3) is 0.833. The Labute approximate surface area is 107 Å². The van der Waals surface area contributed by atoms with Gasteiger partial charge in [0.25, 0.3) is 0 Å². The van der Waals surface area contributed by atoms with Gasteiger partial charge in [-0.3, -0.25) is 0 Å². The molecule has 17 heavy (non-hydrogen) atoms. The molecule has 1 unspecified atom stereocenters. The normalized spacial score (nSPS) is 19.4. The van der Waals surface area contributed by atoms with E-state index < -0.39 is 0 Å². The summed E-state index contributed by atoms with van der Waals surface area (Å²) in [6, 6.07) is 0.367. The number of hydrogen-bond acceptors (Lipinski definition) is 5. The molecule has 1 saturated heterocycles. The first-order valence-corrected chi connectivity index (χ1v) is 7.31. The molecule has 5 heteroatoms. The molecule has 1 aromatic rings. The minimum absolute atomic E-state index is 0.367. The maximum Gasteiger partial charge on any atom is 0.134 e. The van der Waals surface area contributed by atoms with Gasteiger partial charge in [-0.25, -0.2) is 0 Å². The van der Waals surface area contributed by atoms with E-state index in [0.717, 1.165) is 44.0 Å². The minimum atomic E-state index is 0.367. The van der Waals surface area contributed by atoms with E-state index in [1.165, 1.54) is 5.01 Å². The predicted octanol–water partition coefficient (Wildman–Crippen LogP) is 2.49. The Hall–Kier alpha value is -0.520. The first-order chi connectivity index (χ1) is 8.35. The Morgan fingerprint density at radius 1 is 1.35 bits per heavy atom. The quantitative estimate of drug-likeness (QED) is 0.878. The molecule has 1 N–H and O–H groups in total. The van der Waals surface area contributed by atoms with Crippen LogP contribution in [0.1, 0.15) is 55.1 Å². The third-order valence-electron chi connectivity index (χ3n) is 3.18. The summed E-state index contributed by atoms with van der Waals surface area (Å²) in [5.74, 6) is 0.564. The minimum Gasteiger partial charge on any atom is -0.381 e. The topological polar surface area (TPSA) is 47.0 Å². The fourth-order valence-electron chi connectivity index (χ4n) is 2.15. The number of nitrogens with zero attached hydrogens (tertiary/aromatic N) is 2. The summed E-state index contributed by atoms with van der Waals surface area (Å²) in [6.45, 7) is 7.02. The van der Waals surface area contributed by atoms with Crippen molar-refractivity contribution in [2.24, 2.45) is 0 Å². The Balaban J connectivity index is 2.03. The Kier molecular flexibility index (Phi) is 4.88. The average Bonchev–Trinajstić information content (AvgIpc) is 2.86. The molecular formula is C12H21N3OS. The van der Waals surface area contributed by atoms with Crippen LogP contribution in [0.3, 0.4) is 0 Å². The van der Waals surface area contributed by atoms with Crippen LogP contribution in [0.2, 0.25) is 0 Å². The maximum absolute atomic E-state index is 5.38. The zero-order valence-corrected chi connectivity index (χ0v) is 11.4. The van der Waals surface area contributed by atoms with E-state index in [1.54, 1.807) is 11.3 Å². The fourth-order valence-corrected chi connectivity index (χ4v) is 3.32. The summed E-state index contributed by atoms with van der Waals surface area (Å²) >= 11 is 1.77. The molecule has 0 amide bonds. The van der Waals surface area contributed by atoms with Crippen molar-refractivity contribution < 1.29 is 4.74 Å². The van der Waals surface area contributed by atoms with E-state index in [4.69, 9.17) is 4.74 Å². The molecule has 1 aliphatic heterocycles. The number of ether oxygens (including phenoxy) is 1. The maximum atomic E-state index is 5.38. The van der Waals surface area contributed by atoms with Crippen LogP contribution in [0, 0.1) is 0 Å². The van der Waals surface area contributed by atoms with Gasteiger partial charge in [-0.15, -0.1) is 10.2 Å². The molecule has 2 heterocycles. The van der Waals surface area contributed by atoms with E-state index in [-0.39, 0.29) is 0 Å². The Morgan fingerprint density at radius 2 is 2.12 bits per heavy atom. The lowest BCUT2D eigenvalue weighted by molar-refractivity contribution is 0.0851. The van der Waals surface area contributed by atoms with Crippen LogP contribution < -0.4 is 5.32 Å². The van der Waals surface area contributed by atoms with Crippen molar-refractivity contribution >= 4 is 11.3 Å². The van der Waals surface area contributed by atoms with E-state index in [1.807, 2.05) is 0 Å². The summed E-state index contributed by atoms with van der Waals surface area (Å²) in [5, 5.41) is 14.5. The van der Waals surface area contributed by atoms with Gasteiger partial charge in [-0.2, -0.15) is 0 Å². The molecule has 1 aliphatic rings. The van der Waals surface area contributed by atoms with Crippen LogP contribution in [-0.4, -0.2) is 30.0 Å². The average molecular weight is 255 g/mol. The third-order valence-corrected chi connectivity index (χ3v) is 4.38. The van der Waals surface area contributed by atoms with Crippen molar-refractivity contribution in [3.63, 3.8) is 0 Å². The summed E-state index contributed by atoms with van der Waals surface area (Å²) in [7, 11) is 0. The standard InChI is InChI=1S/C12H21N3OS/c1-3-10(13-4-2)12-15-14-11(17-12)9-5-7-16-8-6-9/h9-10,13H,3-8H2,1-2H3. The lowest BCUT2D eigenvalue weighted by Gasteiger charge is -2.19. The van der Waals surface area contributed by atoms with Crippen LogP contribution in [0.5, 0.6) is 0 Å². The molecule has 1 fully saturated rings. The van der Waals surface area contributed by atoms with Gasteiger partial charge in [0.1, 0.15) is 10.0 Å². The number of aromatic nitrogens is 2. The van der Waals surface area contributed by atoms with E-state index in [9.17, 15) is 0 Å². The van der Waals surface area contributed by atoms with Gasteiger partial charge < -0.3 is 10.1 Å². The first kappa shape index (κ1) is 12.9. The lowest BCUT2D eigenvalue weighted by atomic mass is 10.0. The first-order valence-electron chi connectivity index (χ1n) is 6.49. The van der Waals surface area contributed by atoms with Gasteiger partial charge in [0.2, 0.25) is 0 Å². The van der Waals surface area contributed by atoms with Crippen LogP contribution in [0.25, 0.3) is 0 Å². The molecule has 4 nitrogen and oxygen atoms in total. The van der Waals surface area contributed by atoms with E-state index >= 15 is 0 Å². The zero-order chi connectivity index (χ0) is 12.1. The SMILES string of the molecule is CCNC(CC)c1nnc(C2CCOCC2)s1. The van der Waals surface area contributed by atoms with Crippen LogP contribution in [0.15, 0.2) is 0 Å². The molecule has 0 saturated carbocycles. The van der Waals surface area contributed by atoms with Gasteiger partial charge in [0.05, 0.1) is 6.04 Å².